The molecule has 0 radical (unpaired) electrons. The van der Waals surface area contributed by atoms with E-state index in [-0.39, 0.29) is 12.5 Å². The third-order valence-electron chi connectivity index (χ3n) is 4.48. The molecule has 1 atom stereocenters. The molecule has 0 spiro atoms. The highest BCUT2D eigenvalue weighted by atomic mass is 16.4. The van der Waals surface area contributed by atoms with Crippen LogP contribution < -0.4 is 5.32 Å². The van der Waals surface area contributed by atoms with Gasteiger partial charge in [-0.15, -0.1) is 0 Å². The van der Waals surface area contributed by atoms with E-state index < -0.39 is 12.0 Å². The number of carboxylic acid groups (broad SMARTS) is 1. The molecule has 1 amide bonds. The second-order valence-corrected chi connectivity index (χ2v) is 6.80. The van der Waals surface area contributed by atoms with Crippen LogP contribution in [0, 0.1) is 0 Å². The smallest absolute Gasteiger partial charge is 0.326 e. The molecule has 0 aliphatic carbocycles. The van der Waals surface area contributed by atoms with Gasteiger partial charge in [-0.05, 0) is 18.4 Å². The maximum Gasteiger partial charge on any atom is 0.326 e. The van der Waals surface area contributed by atoms with Gasteiger partial charge in [0.15, 0.2) is 0 Å². The molecule has 5 heteroatoms. The summed E-state index contributed by atoms with van der Waals surface area (Å²) in [4.78, 5) is 23.3. The van der Waals surface area contributed by atoms with E-state index >= 15 is 0 Å². The van der Waals surface area contributed by atoms with Gasteiger partial charge in [-0.3, -0.25) is 4.79 Å². The Labute approximate surface area is 156 Å². The molecule has 0 aliphatic heterocycles. The summed E-state index contributed by atoms with van der Waals surface area (Å²) in [6.07, 6.45) is 10.4. The number of unbranched alkanes of at least 4 members (excludes halogenated alkanes) is 8. The van der Waals surface area contributed by atoms with Gasteiger partial charge in [-0.25, -0.2) is 4.79 Å². The van der Waals surface area contributed by atoms with Crippen LogP contribution in [0.3, 0.4) is 0 Å². The number of aliphatic carboxylic acids is 1. The van der Waals surface area contributed by atoms with Crippen LogP contribution in [0.1, 0.15) is 69.8 Å². The van der Waals surface area contributed by atoms with Crippen molar-refractivity contribution in [3.63, 3.8) is 0 Å². The van der Waals surface area contributed by atoms with Gasteiger partial charge in [-0.1, -0.05) is 75.3 Å². The quantitative estimate of drug-likeness (QED) is 0.415. The lowest BCUT2D eigenvalue weighted by Gasteiger charge is -2.14. The second-order valence-electron chi connectivity index (χ2n) is 6.80. The molecule has 146 valence electrons. The summed E-state index contributed by atoms with van der Waals surface area (Å²) >= 11 is 0. The molecular formula is C21H33NO4. The van der Waals surface area contributed by atoms with Gasteiger partial charge >= 0.3 is 5.97 Å². The van der Waals surface area contributed by atoms with Crippen molar-refractivity contribution >= 4 is 11.9 Å². The van der Waals surface area contributed by atoms with Gasteiger partial charge in [0.1, 0.15) is 6.04 Å². The Kier molecular flexibility index (Phi) is 12.2. The minimum atomic E-state index is -0.997. The number of carbonyl (C=O) groups is 2. The van der Waals surface area contributed by atoms with Crippen LogP contribution in [0.25, 0.3) is 0 Å². The lowest BCUT2D eigenvalue weighted by molar-refractivity contribution is -0.141. The molecular weight excluding hydrogens is 330 g/mol. The molecule has 3 N–H and O–H groups in total. The van der Waals surface area contributed by atoms with E-state index in [2.05, 4.69) is 5.32 Å². The normalized spacial score (nSPS) is 11.9. The number of hydrogen-bond acceptors (Lipinski definition) is 3. The molecule has 0 unspecified atom stereocenters. The van der Waals surface area contributed by atoms with Crippen molar-refractivity contribution in [3.05, 3.63) is 35.9 Å². The fraction of sp³-hybridized carbons (Fsp3) is 0.619. The lowest BCUT2D eigenvalue weighted by Crippen LogP contribution is -2.42. The number of nitrogens with one attached hydrogen (secondary N) is 1. The second kappa shape index (κ2) is 14.3. The highest BCUT2D eigenvalue weighted by molar-refractivity contribution is 5.83. The van der Waals surface area contributed by atoms with E-state index in [1.165, 1.54) is 25.7 Å². The summed E-state index contributed by atoms with van der Waals surface area (Å²) in [6.45, 7) is 0.288. The first-order valence-electron chi connectivity index (χ1n) is 9.80. The van der Waals surface area contributed by atoms with Gasteiger partial charge in [0.05, 0.1) is 0 Å². The monoisotopic (exact) mass is 363 g/mol. The zero-order valence-corrected chi connectivity index (χ0v) is 15.7. The highest BCUT2D eigenvalue weighted by Crippen LogP contribution is 2.11. The molecule has 1 aromatic rings. The first kappa shape index (κ1) is 22.2. The zero-order chi connectivity index (χ0) is 19.0. The molecule has 0 saturated heterocycles. The number of benzene rings is 1. The van der Waals surface area contributed by atoms with Crippen LogP contribution in [0.4, 0.5) is 0 Å². The standard InChI is InChI=1S/C21H33NO4/c23-16-12-7-5-3-1-2-4-6-11-15-20(24)22-19(21(25)26)17-18-13-9-8-10-14-18/h8-10,13-14,19,23H,1-7,11-12,15-17H2,(H,22,24)(H,25,26)/t19-/m0/s1. The summed E-state index contributed by atoms with van der Waals surface area (Å²) < 4.78 is 0. The fourth-order valence-corrected chi connectivity index (χ4v) is 2.95. The van der Waals surface area contributed by atoms with Crippen molar-refractivity contribution < 1.29 is 19.8 Å². The van der Waals surface area contributed by atoms with Crippen molar-refractivity contribution in [2.24, 2.45) is 0 Å². The van der Waals surface area contributed by atoms with Crippen LogP contribution >= 0.6 is 0 Å². The number of aliphatic hydroxyl groups is 1. The molecule has 26 heavy (non-hydrogen) atoms. The number of hydrogen-bond donors (Lipinski definition) is 3. The predicted octanol–water partition coefficient (Wildman–Crippen LogP) is 3.69. The number of carbonyl (C=O) groups excluding carboxylic acids is 1. The molecule has 0 aliphatic rings. The van der Waals surface area contributed by atoms with Crippen molar-refractivity contribution in [1.29, 1.82) is 0 Å². The van der Waals surface area contributed by atoms with Crippen molar-refractivity contribution in [2.45, 2.75) is 76.7 Å². The van der Waals surface area contributed by atoms with Gasteiger partial charge in [-0.2, -0.15) is 0 Å². The fourth-order valence-electron chi connectivity index (χ4n) is 2.95. The van der Waals surface area contributed by atoms with Gasteiger partial charge < -0.3 is 15.5 Å². The summed E-state index contributed by atoms with van der Waals surface area (Å²) in [6, 6.07) is 8.47. The molecule has 1 aromatic carbocycles. The summed E-state index contributed by atoms with van der Waals surface area (Å²) in [5.41, 5.74) is 0.902. The highest BCUT2D eigenvalue weighted by Gasteiger charge is 2.19. The summed E-state index contributed by atoms with van der Waals surface area (Å²) in [5.74, 6) is -1.18. The molecule has 5 nitrogen and oxygen atoms in total. The van der Waals surface area contributed by atoms with E-state index in [0.717, 1.165) is 37.7 Å². The van der Waals surface area contributed by atoms with Crippen molar-refractivity contribution in [3.8, 4) is 0 Å². The number of rotatable bonds is 15. The Balaban J connectivity index is 2.11. The van der Waals surface area contributed by atoms with Crippen LogP contribution in [0.5, 0.6) is 0 Å². The van der Waals surface area contributed by atoms with Gasteiger partial charge in [0.2, 0.25) is 5.91 Å². The SMILES string of the molecule is O=C(CCCCCCCCCCCO)N[C@@H](Cc1ccccc1)C(=O)O. The Morgan fingerprint density at radius 3 is 1.92 bits per heavy atom. The number of aliphatic hydroxyl groups excluding tert-OH is 1. The Morgan fingerprint density at radius 1 is 0.846 bits per heavy atom. The number of amides is 1. The van der Waals surface area contributed by atoms with E-state index in [1.807, 2.05) is 30.3 Å². The van der Waals surface area contributed by atoms with Crippen molar-refractivity contribution in [2.75, 3.05) is 6.61 Å². The number of carboxylic acids is 1. The molecule has 0 bridgehead atoms. The van der Waals surface area contributed by atoms with Crippen LogP contribution in [0.15, 0.2) is 30.3 Å². The van der Waals surface area contributed by atoms with Crippen LogP contribution in [-0.4, -0.2) is 34.7 Å². The molecule has 0 fully saturated rings. The molecule has 0 saturated carbocycles. The van der Waals surface area contributed by atoms with E-state index in [9.17, 15) is 14.7 Å². The van der Waals surface area contributed by atoms with Gasteiger partial charge in [0, 0.05) is 19.4 Å². The van der Waals surface area contributed by atoms with Crippen molar-refractivity contribution in [1.82, 2.24) is 5.32 Å². The van der Waals surface area contributed by atoms with E-state index in [4.69, 9.17) is 5.11 Å². The lowest BCUT2D eigenvalue weighted by atomic mass is 10.0. The third-order valence-corrected chi connectivity index (χ3v) is 4.48. The zero-order valence-electron chi connectivity index (χ0n) is 15.7. The molecule has 1 rings (SSSR count). The summed E-state index contributed by atoms with van der Waals surface area (Å²) in [7, 11) is 0. The topological polar surface area (TPSA) is 86.6 Å². The first-order chi connectivity index (χ1) is 12.6. The average molecular weight is 363 g/mol. The maximum atomic E-state index is 12.0. The Morgan fingerprint density at radius 2 is 1.38 bits per heavy atom. The molecule has 0 aromatic heterocycles. The molecule has 0 heterocycles. The van der Waals surface area contributed by atoms with Crippen LogP contribution in [-0.2, 0) is 16.0 Å². The minimum absolute atomic E-state index is 0.183. The summed E-state index contributed by atoms with van der Waals surface area (Å²) in [5, 5.41) is 20.6. The minimum Gasteiger partial charge on any atom is -0.480 e. The van der Waals surface area contributed by atoms with E-state index in [0.29, 0.717) is 12.8 Å². The Hall–Kier alpha value is -1.88. The maximum absolute atomic E-state index is 12.0. The van der Waals surface area contributed by atoms with Gasteiger partial charge in [0.25, 0.3) is 0 Å². The third kappa shape index (κ3) is 10.9. The predicted molar refractivity (Wildman–Crippen MR) is 103 cm³/mol. The first-order valence-corrected chi connectivity index (χ1v) is 9.80. The largest absolute Gasteiger partial charge is 0.480 e. The Bertz CT molecular complexity index is 504. The average Bonchev–Trinajstić information content (AvgIpc) is 2.63. The van der Waals surface area contributed by atoms with E-state index in [1.54, 1.807) is 0 Å². The van der Waals surface area contributed by atoms with Crippen LogP contribution in [0.2, 0.25) is 0 Å².